The molecule has 5 heteroatoms. The number of hydrogen-bond donors (Lipinski definition) is 1. The van der Waals surface area contributed by atoms with Gasteiger partial charge in [0.15, 0.2) is 0 Å². The van der Waals surface area contributed by atoms with E-state index in [0.29, 0.717) is 32.6 Å². The predicted molar refractivity (Wildman–Crippen MR) is 82.0 cm³/mol. The van der Waals surface area contributed by atoms with Gasteiger partial charge < -0.3 is 19.6 Å². The monoisotopic (exact) mass is 290 g/mol. The lowest BCUT2D eigenvalue weighted by molar-refractivity contribution is -0.154. The van der Waals surface area contributed by atoms with Crippen LogP contribution in [-0.4, -0.2) is 51.0 Å². The first kappa shape index (κ1) is 14.2. The van der Waals surface area contributed by atoms with Crippen molar-refractivity contribution in [3.63, 3.8) is 0 Å². The molecule has 1 aromatic rings. The van der Waals surface area contributed by atoms with Gasteiger partial charge >= 0.3 is 5.97 Å². The zero-order chi connectivity index (χ0) is 14.9. The molecule has 1 fully saturated rings. The molecule has 2 aliphatic rings. The number of fused-ring (bicyclic) bond motifs is 1. The third kappa shape index (κ3) is 2.58. The van der Waals surface area contributed by atoms with Crippen molar-refractivity contribution in [2.75, 3.05) is 49.7 Å². The van der Waals surface area contributed by atoms with Crippen LogP contribution in [0.3, 0.4) is 0 Å². The summed E-state index contributed by atoms with van der Waals surface area (Å²) in [6, 6.07) is 8.22. The first-order chi connectivity index (χ1) is 10.1. The maximum absolute atomic E-state index is 11.8. The number of carboxylic acid groups (broad SMARTS) is 1. The number of anilines is 2. The summed E-state index contributed by atoms with van der Waals surface area (Å²) in [7, 11) is 2.08. The van der Waals surface area contributed by atoms with E-state index in [0.717, 1.165) is 18.8 Å². The van der Waals surface area contributed by atoms with E-state index in [9.17, 15) is 9.90 Å². The van der Waals surface area contributed by atoms with Crippen molar-refractivity contribution in [3.8, 4) is 0 Å². The number of hydrogen-bond acceptors (Lipinski definition) is 4. The number of para-hydroxylation sites is 2. The Balaban J connectivity index is 1.87. The average molecular weight is 290 g/mol. The van der Waals surface area contributed by atoms with Crippen molar-refractivity contribution >= 4 is 17.3 Å². The Kier molecular flexibility index (Phi) is 3.76. The quantitative estimate of drug-likeness (QED) is 0.920. The van der Waals surface area contributed by atoms with Crippen LogP contribution in [0, 0.1) is 5.41 Å². The molecule has 2 heterocycles. The molecule has 0 aliphatic carbocycles. The van der Waals surface area contributed by atoms with Gasteiger partial charge in [0.05, 0.1) is 16.8 Å². The van der Waals surface area contributed by atoms with E-state index in [1.54, 1.807) is 0 Å². The second-order valence-electron chi connectivity index (χ2n) is 6.03. The van der Waals surface area contributed by atoms with Gasteiger partial charge in [0.2, 0.25) is 0 Å². The first-order valence-corrected chi connectivity index (χ1v) is 7.49. The number of aliphatic carboxylic acids is 1. The van der Waals surface area contributed by atoms with Gasteiger partial charge in [-0.15, -0.1) is 0 Å². The van der Waals surface area contributed by atoms with Crippen LogP contribution in [0.1, 0.15) is 12.8 Å². The molecule has 0 atom stereocenters. The Labute approximate surface area is 125 Å². The normalized spacial score (nSPS) is 21.0. The van der Waals surface area contributed by atoms with Crippen molar-refractivity contribution < 1.29 is 14.6 Å². The third-order valence-corrected chi connectivity index (χ3v) is 4.74. The number of nitrogens with zero attached hydrogens (tertiary/aromatic N) is 2. The van der Waals surface area contributed by atoms with Crippen LogP contribution in [0.4, 0.5) is 11.4 Å². The van der Waals surface area contributed by atoms with Crippen LogP contribution in [0.15, 0.2) is 24.3 Å². The predicted octanol–water partition coefficient (Wildman–Crippen LogP) is 1.82. The van der Waals surface area contributed by atoms with Crippen molar-refractivity contribution in [1.82, 2.24) is 0 Å². The van der Waals surface area contributed by atoms with Gasteiger partial charge in [0.1, 0.15) is 0 Å². The molecular weight excluding hydrogens is 268 g/mol. The van der Waals surface area contributed by atoms with Gasteiger partial charge in [-0.05, 0) is 25.0 Å². The molecule has 0 amide bonds. The standard InChI is InChI=1S/C16H22N2O3/c1-17-8-9-18(14-5-3-2-4-13(14)17)12-16(15(19)20)6-10-21-11-7-16/h2-5H,6-12H2,1H3,(H,19,20). The van der Waals surface area contributed by atoms with Crippen LogP contribution >= 0.6 is 0 Å². The molecule has 0 saturated carbocycles. The van der Waals surface area contributed by atoms with Gasteiger partial charge in [0, 0.05) is 39.9 Å². The van der Waals surface area contributed by atoms with Crippen LogP contribution in [0.5, 0.6) is 0 Å². The lowest BCUT2D eigenvalue weighted by Crippen LogP contribution is -2.50. The second-order valence-corrected chi connectivity index (χ2v) is 6.03. The highest BCUT2D eigenvalue weighted by molar-refractivity contribution is 5.78. The zero-order valence-electron chi connectivity index (χ0n) is 12.4. The Morgan fingerprint density at radius 3 is 2.57 bits per heavy atom. The average Bonchev–Trinajstić information content (AvgIpc) is 2.51. The second kappa shape index (κ2) is 5.56. The number of rotatable bonds is 3. The molecule has 2 aliphatic heterocycles. The van der Waals surface area contributed by atoms with Gasteiger partial charge in [0.25, 0.3) is 0 Å². The van der Waals surface area contributed by atoms with E-state index < -0.39 is 11.4 Å². The first-order valence-electron chi connectivity index (χ1n) is 7.49. The molecular formula is C16H22N2O3. The lowest BCUT2D eigenvalue weighted by Gasteiger charge is -2.43. The number of ether oxygens (including phenoxy) is 1. The van der Waals surface area contributed by atoms with Gasteiger partial charge in [-0.2, -0.15) is 0 Å². The summed E-state index contributed by atoms with van der Waals surface area (Å²) in [5, 5.41) is 9.73. The molecule has 0 unspecified atom stereocenters. The molecule has 1 aromatic carbocycles. The highest BCUT2D eigenvalue weighted by Gasteiger charge is 2.42. The summed E-state index contributed by atoms with van der Waals surface area (Å²) < 4.78 is 5.36. The Bertz CT molecular complexity index is 526. The molecule has 1 N–H and O–H groups in total. The van der Waals surface area contributed by atoms with Crippen molar-refractivity contribution in [2.45, 2.75) is 12.8 Å². The number of carboxylic acids is 1. The van der Waals surface area contributed by atoms with E-state index in [4.69, 9.17) is 4.74 Å². The Hall–Kier alpha value is -1.75. The summed E-state index contributed by atoms with van der Waals surface area (Å²) in [5.74, 6) is -0.692. The fourth-order valence-electron chi connectivity index (χ4n) is 3.30. The van der Waals surface area contributed by atoms with E-state index in [1.165, 1.54) is 5.69 Å². The molecule has 0 aromatic heterocycles. The summed E-state index contributed by atoms with van der Waals surface area (Å²) in [5.41, 5.74) is 1.64. The van der Waals surface area contributed by atoms with E-state index in [-0.39, 0.29) is 0 Å². The summed E-state index contributed by atoms with van der Waals surface area (Å²) >= 11 is 0. The minimum absolute atomic E-state index is 0.543. The third-order valence-electron chi connectivity index (χ3n) is 4.74. The lowest BCUT2D eigenvalue weighted by atomic mass is 9.79. The highest BCUT2D eigenvalue weighted by Crippen LogP contribution is 2.37. The fraction of sp³-hybridized carbons (Fsp3) is 0.562. The summed E-state index contributed by atoms with van der Waals surface area (Å²) in [6.45, 7) is 3.44. The number of benzene rings is 1. The zero-order valence-corrected chi connectivity index (χ0v) is 12.4. The maximum Gasteiger partial charge on any atom is 0.311 e. The van der Waals surface area contributed by atoms with Crippen LogP contribution in [0.25, 0.3) is 0 Å². The summed E-state index contributed by atoms with van der Waals surface area (Å²) in [4.78, 5) is 16.3. The number of carbonyl (C=O) groups is 1. The molecule has 5 nitrogen and oxygen atoms in total. The highest BCUT2D eigenvalue weighted by atomic mass is 16.5. The van der Waals surface area contributed by atoms with Gasteiger partial charge in [-0.1, -0.05) is 12.1 Å². The van der Waals surface area contributed by atoms with Crippen molar-refractivity contribution in [3.05, 3.63) is 24.3 Å². The molecule has 1 saturated heterocycles. The molecule has 114 valence electrons. The molecule has 0 radical (unpaired) electrons. The summed E-state index contributed by atoms with van der Waals surface area (Å²) in [6.07, 6.45) is 1.19. The Morgan fingerprint density at radius 1 is 1.24 bits per heavy atom. The van der Waals surface area contributed by atoms with E-state index >= 15 is 0 Å². The van der Waals surface area contributed by atoms with Crippen LogP contribution in [-0.2, 0) is 9.53 Å². The SMILES string of the molecule is CN1CCN(CC2(C(=O)O)CCOCC2)c2ccccc21. The van der Waals surface area contributed by atoms with Gasteiger partial charge in [-0.3, -0.25) is 4.79 Å². The Morgan fingerprint density at radius 2 is 1.90 bits per heavy atom. The van der Waals surface area contributed by atoms with E-state index in [1.807, 2.05) is 12.1 Å². The molecule has 0 bridgehead atoms. The minimum Gasteiger partial charge on any atom is -0.481 e. The smallest absolute Gasteiger partial charge is 0.311 e. The van der Waals surface area contributed by atoms with E-state index in [2.05, 4.69) is 29.0 Å². The maximum atomic E-state index is 11.8. The van der Waals surface area contributed by atoms with Gasteiger partial charge in [-0.25, -0.2) is 0 Å². The fourth-order valence-corrected chi connectivity index (χ4v) is 3.30. The molecule has 3 rings (SSSR count). The largest absolute Gasteiger partial charge is 0.481 e. The van der Waals surface area contributed by atoms with Crippen molar-refractivity contribution in [1.29, 1.82) is 0 Å². The number of likely N-dealkylation sites (N-methyl/N-ethyl adjacent to an activating group) is 1. The topological polar surface area (TPSA) is 53.0 Å². The minimum atomic E-state index is -0.692. The molecule has 21 heavy (non-hydrogen) atoms. The van der Waals surface area contributed by atoms with Crippen molar-refractivity contribution in [2.24, 2.45) is 5.41 Å². The molecule has 0 spiro atoms. The van der Waals surface area contributed by atoms with Crippen LogP contribution in [0.2, 0.25) is 0 Å². The van der Waals surface area contributed by atoms with Crippen LogP contribution < -0.4 is 9.80 Å².